The van der Waals surface area contributed by atoms with Crippen LogP contribution in [0.4, 0.5) is 0 Å². The number of aromatic nitrogens is 2. The third kappa shape index (κ3) is 3.95. The summed E-state index contributed by atoms with van der Waals surface area (Å²) in [6.07, 6.45) is 5.13. The molecule has 0 amide bonds. The molecular weight excluding hydrogens is 226 g/mol. The van der Waals surface area contributed by atoms with Crippen LogP contribution in [0.15, 0.2) is 12.1 Å². The quantitative estimate of drug-likeness (QED) is 0.871. The van der Waals surface area contributed by atoms with Crippen molar-refractivity contribution in [3.8, 4) is 5.88 Å². The molecule has 2 rings (SSSR count). The van der Waals surface area contributed by atoms with Gasteiger partial charge in [0.15, 0.2) is 0 Å². The second-order valence-electron chi connectivity index (χ2n) is 5.14. The average Bonchev–Trinajstić information content (AvgIpc) is 2.41. The molecule has 0 aliphatic heterocycles. The Morgan fingerprint density at radius 2 is 2.00 bits per heavy atom. The molecule has 1 aromatic heterocycles. The maximum atomic E-state index is 5.87. The van der Waals surface area contributed by atoms with E-state index in [4.69, 9.17) is 4.74 Å². The molecule has 1 heterocycles. The van der Waals surface area contributed by atoms with Crippen LogP contribution in [0.5, 0.6) is 5.88 Å². The zero-order chi connectivity index (χ0) is 12.8. The van der Waals surface area contributed by atoms with E-state index in [1.807, 2.05) is 12.1 Å². The van der Waals surface area contributed by atoms with Crippen LogP contribution < -0.4 is 10.1 Å². The zero-order valence-corrected chi connectivity index (χ0v) is 11.4. The van der Waals surface area contributed by atoms with Crippen LogP contribution in [0.1, 0.15) is 45.2 Å². The van der Waals surface area contributed by atoms with Crippen LogP contribution in [0.25, 0.3) is 0 Å². The molecule has 1 aliphatic carbocycles. The van der Waals surface area contributed by atoms with Crippen molar-refractivity contribution in [2.75, 3.05) is 6.54 Å². The maximum absolute atomic E-state index is 5.87. The summed E-state index contributed by atoms with van der Waals surface area (Å²) in [5.41, 5.74) is 0.960. The van der Waals surface area contributed by atoms with Crippen LogP contribution >= 0.6 is 0 Å². The summed E-state index contributed by atoms with van der Waals surface area (Å²) in [5.74, 6) is 1.51. The molecule has 1 saturated carbocycles. The van der Waals surface area contributed by atoms with Gasteiger partial charge in [0, 0.05) is 12.6 Å². The van der Waals surface area contributed by atoms with Gasteiger partial charge in [-0.3, -0.25) is 0 Å². The molecule has 1 fully saturated rings. The molecule has 4 heteroatoms. The number of nitrogens with one attached hydrogen (secondary N) is 1. The molecule has 18 heavy (non-hydrogen) atoms. The van der Waals surface area contributed by atoms with E-state index in [-0.39, 0.29) is 0 Å². The van der Waals surface area contributed by atoms with Crippen molar-refractivity contribution in [1.82, 2.24) is 15.5 Å². The smallest absolute Gasteiger partial charge is 0.233 e. The minimum atomic E-state index is 0.329. The fraction of sp³-hybridized carbons (Fsp3) is 0.714. The summed E-state index contributed by atoms with van der Waals surface area (Å²) >= 11 is 0. The van der Waals surface area contributed by atoms with Crippen molar-refractivity contribution in [1.29, 1.82) is 0 Å². The van der Waals surface area contributed by atoms with E-state index in [1.54, 1.807) is 0 Å². The fourth-order valence-electron chi connectivity index (χ4n) is 2.28. The van der Waals surface area contributed by atoms with E-state index in [0.717, 1.165) is 37.5 Å². The summed E-state index contributed by atoms with van der Waals surface area (Å²) in [7, 11) is 0. The zero-order valence-electron chi connectivity index (χ0n) is 11.4. The van der Waals surface area contributed by atoms with Crippen molar-refractivity contribution < 1.29 is 4.74 Å². The monoisotopic (exact) mass is 249 g/mol. The molecule has 0 radical (unpaired) electrons. The summed E-state index contributed by atoms with van der Waals surface area (Å²) in [5, 5.41) is 11.5. The Kier molecular flexibility index (Phi) is 4.93. The van der Waals surface area contributed by atoms with Gasteiger partial charge in [0.2, 0.25) is 5.88 Å². The largest absolute Gasteiger partial charge is 0.473 e. The van der Waals surface area contributed by atoms with Gasteiger partial charge in [-0.2, -0.15) is 5.10 Å². The van der Waals surface area contributed by atoms with E-state index < -0.39 is 0 Å². The Balaban J connectivity index is 1.82. The first-order valence-electron chi connectivity index (χ1n) is 6.98. The molecule has 0 spiro atoms. The van der Waals surface area contributed by atoms with Crippen LogP contribution in [0.2, 0.25) is 0 Å². The van der Waals surface area contributed by atoms with Crippen molar-refractivity contribution in [2.45, 2.75) is 52.2 Å². The molecule has 1 N–H and O–H groups in total. The first-order valence-corrected chi connectivity index (χ1v) is 6.98. The Morgan fingerprint density at radius 1 is 1.22 bits per heavy atom. The molecular formula is C14H23N3O. The second kappa shape index (κ2) is 6.69. The minimum absolute atomic E-state index is 0.329. The second-order valence-corrected chi connectivity index (χ2v) is 5.14. The average molecular weight is 249 g/mol. The Hall–Kier alpha value is -1.16. The minimum Gasteiger partial charge on any atom is -0.473 e. The lowest BCUT2D eigenvalue weighted by molar-refractivity contribution is 0.128. The molecule has 1 aromatic rings. The summed E-state index contributed by atoms with van der Waals surface area (Å²) < 4.78 is 5.87. The van der Waals surface area contributed by atoms with E-state index in [0.29, 0.717) is 12.0 Å². The molecule has 0 saturated heterocycles. The third-order valence-electron chi connectivity index (χ3n) is 3.50. The molecule has 0 atom stereocenters. The Labute approximate surface area is 109 Å². The van der Waals surface area contributed by atoms with Crippen LogP contribution in [0.3, 0.4) is 0 Å². The topological polar surface area (TPSA) is 47.0 Å². The van der Waals surface area contributed by atoms with Crippen LogP contribution in [0, 0.1) is 5.92 Å². The van der Waals surface area contributed by atoms with Gasteiger partial charge in [-0.05, 0) is 44.2 Å². The number of hydrogen-bond donors (Lipinski definition) is 1. The number of hydrogen-bond acceptors (Lipinski definition) is 4. The van der Waals surface area contributed by atoms with Gasteiger partial charge in [-0.1, -0.05) is 13.8 Å². The summed E-state index contributed by atoms with van der Waals surface area (Å²) in [6.45, 7) is 6.10. The van der Waals surface area contributed by atoms with Gasteiger partial charge in [0.05, 0.1) is 5.69 Å². The molecule has 0 aromatic carbocycles. The lowest BCUT2D eigenvalue weighted by Gasteiger charge is -2.26. The molecule has 0 unspecified atom stereocenters. The standard InChI is InChI=1S/C14H23N3O/c1-3-15-10-12-6-9-14(17-16-12)18-13-7-4-11(2)5-8-13/h6,9,11,13,15H,3-5,7-8,10H2,1-2H3. The lowest BCUT2D eigenvalue weighted by Crippen LogP contribution is -2.23. The van der Waals surface area contributed by atoms with Crippen LogP contribution in [-0.2, 0) is 6.54 Å². The van der Waals surface area contributed by atoms with E-state index in [9.17, 15) is 0 Å². The van der Waals surface area contributed by atoms with Gasteiger partial charge < -0.3 is 10.1 Å². The normalized spacial score (nSPS) is 23.9. The van der Waals surface area contributed by atoms with Crippen molar-refractivity contribution in [3.05, 3.63) is 17.8 Å². The van der Waals surface area contributed by atoms with Gasteiger partial charge >= 0.3 is 0 Å². The van der Waals surface area contributed by atoms with Crippen LogP contribution in [-0.4, -0.2) is 22.8 Å². The van der Waals surface area contributed by atoms with Gasteiger partial charge in [0.25, 0.3) is 0 Å². The highest BCUT2D eigenvalue weighted by atomic mass is 16.5. The number of nitrogens with zero attached hydrogens (tertiary/aromatic N) is 2. The maximum Gasteiger partial charge on any atom is 0.233 e. The first-order chi connectivity index (χ1) is 8.78. The van der Waals surface area contributed by atoms with Crippen molar-refractivity contribution in [3.63, 3.8) is 0 Å². The van der Waals surface area contributed by atoms with E-state index in [2.05, 4.69) is 29.4 Å². The van der Waals surface area contributed by atoms with Gasteiger partial charge in [-0.25, -0.2) is 0 Å². The summed E-state index contributed by atoms with van der Waals surface area (Å²) in [4.78, 5) is 0. The van der Waals surface area contributed by atoms with Gasteiger partial charge in [-0.15, -0.1) is 5.10 Å². The Bertz CT molecular complexity index is 345. The highest BCUT2D eigenvalue weighted by Crippen LogP contribution is 2.26. The van der Waals surface area contributed by atoms with Crippen molar-refractivity contribution in [2.24, 2.45) is 5.92 Å². The predicted molar refractivity (Wildman–Crippen MR) is 71.5 cm³/mol. The number of ether oxygens (including phenoxy) is 1. The SMILES string of the molecule is CCNCc1ccc(OC2CCC(C)CC2)nn1. The fourth-order valence-corrected chi connectivity index (χ4v) is 2.28. The van der Waals surface area contributed by atoms with Crippen molar-refractivity contribution >= 4 is 0 Å². The Morgan fingerprint density at radius 3 is 2.61 bits per heavy atom. The van der Waals surface area contributed by atoms with Gasteiger partial charge in [0.1, 0.15) is 6.10 Å². The third-order valence-corrected chi connectivity index (χ3v) is 3.50. The number of rotatable bonds is 5. The first kappa shape index (κ1) is 13.3. The predicted octanol–water partition coefficient (Wildman–Crippen LogP) is 2.54. The molecule has 1 aliphatic rings. The highest BCUT2D eigenvalue weighted by molar-refractivity contribution is 5.11. The highest BCUT2D eigenvalue weighted by Gasteiger charge is 2.19. The van der Waals surface area contributed by atoms with E-state index >= 15 is 0 Å². The lowest BCUT2D eigenvalue weighted by atomic mass is 9.89. The molecule has 100 valence electrons. The molecule has 0 bridgehead atoms. The summed E-state index contributed by atoms with van der Waals surface area (Å²) in [6, 6.07) is 3.91. The van der Waals surface area contributed by atoms with E-state index in [1.165, 1.54) is 12.8 Å². The molecule has 4 nitrogen and oxygen atoms in total.